The number of ketones is 1. The standard InChI is InChI=1S/C38H46N4O5S/c1-5-6-7-8-9-20-47-29-16-14-26(15-17-29)28-23-40-35(41-24-28)27-12-10-25(11-13-27)21-31(32(43)22-30(39)37(45)46)42-36(44)33-18-19-34(48-33)38(2,3)4/h10-19,23-24,30-31H,5-9,20-22,39H2,1-4H3,(H,42,44)(H,45,46)/t30-,31?/m1/s1. The third-order valence-electron chi connectivity index (χ3n) is 8.01. The van der Waals surface area contributed by atoms with E-state index in [1.165, 1.54) is 37.0 Å². The molecule has 254 valence electrons. The molecule has 0 saturated carbocycles. The number of unbranched alkanes of at least 4 members (excludes halogenated alkanes) is 4. The number of amides is 1. The molecule has 0 aliphatic rings. The fourth-order valence-electron chi connectivity index (χ4n) is 5.08. The van der Waals surface area contributed by atoms with E-state index in [9.17, 15) is 19.5 Å². The molecule has 0 bridgehead atoms. The molecule has 1 unspecified atom stereocenters. The Morgan fingerprint density at radius 1 is 0.875 bits per heavy atom. The zero-order valence-electron chi connectivity index (χ0n) is 28.2. The molecule has 0 radical (unpaired) electrons. The zero-order chi connectivity index (χ0) is 34.7. The number of Topliss-reactive ketones (excluding diaryl/α,β-unsaturated/α-hetero) is 1. The Morgan fingerprint density at radius 3 is 2.12 bits per heavy atom. The summed E-state index contributed by atoms with van der Waals surface area (Å²) in [6.45, 7) is 9.12. The zero-order valence-corrected chi connectivity index (χ0v) is 29.0. The second-order valence-electron chi connectivity index (χ2n) is 13.0. The molecular weight excluding hydrogens is 625 g/mol. The first-order valence-electron chi connectivity index (χ1n) is 16.5. The number of carboxylic acids is 1. The fourth-order valence-corrected chi connectivity index (χ4v) is 6.04. The summed E-state index contributed by atoms with van der Waals surface area (Å²) in [5.41, 5.74) is 9.00. The van der Waals surface area contributed by atoms with Gasteiger partial charge in [-0.15, -0.1) is 11.3 Å². The van der Waals surface area contributed by atoms with Crippen molar-refractivity contribution in [2.75, 3.05) is 6.61 Å². The second-order valence-corrected chi connectivity index (χ2v) is 14.1. The Balaban J connectivity index is 1.40. The Morgan fingerprint density at radius 2 is 1.52 bits per heavy atom. The topological polar surface area (TPSA) is 144 Å². The number of thiophene rings is 1. The fraction of sp³-hybridized carbons (Fsp3) is 0.395. The number of hydrogen-bond donors (Lipinski definition) is 3. The number of nitrogens with one attached hydrogen (secondary N) is 1. The number of nitrogens with two attached hydrogens (primary N) is 1. The minimum atomic E-state index is -1.36. The van der Waals surface area contributed by atoms with Crippen LogP contribution in [0.4, 0.5) is 0 Å². The average Bonchev–Trinajstić information content (AvgIpc) is 3.59. The number of aliphatic carboxylic acids is 1. The molecule has 0 aliphatic heterocycles. The normalized spacial score (nSPS) is 12.7. The Hall–Kier alpha value is -4.41. The maximum Gasteiger partial charge on any atom is 0.320 e. The van der Waals surface area contributed by atoms with Crippen LogP contribution in [-0.2, 0) is 21.4 Å². The van der Waals surface area contributed by atoms with Gasteiger partial charge in [-0.05, 0) is 53.6 Å². The summed E-state index contributed by atoms with van der Waals surface area (Å²) in [5.74, 6) is -0.708. The van der Waals surface area contributed by atoms with Crippen molar-refractivity contribution in [1.82, 2.24) is 15.3 Å². The van der Waals surface area contributed by atoms with Gasteiger partial charge in [0.05, 0.1) is 17.5 Å². The molecule has 2 aromatic heterocycles. The Bertz CT molecular complexity index is 1640. The summed E-state index contributed by atoms with van der Waals surface area (Å²) in [7, 11) is 0. The van der Waals surface area contributed by atoms with Gasteiger partial charge in [0.2, 0.25) is 0 Å². The van der Waals surface area contributed by atoms with Crippen molar-refractivity contribution in [3.8, 4) is 28.3 Å². The van der Waals surface area contributed by atoms with E-state index in [0.717, 1.165) is 45.9 Å². The monoisotopic (exact) mass is 670 g/mol. The molecule has 48 heavy (non-hydrogen) atoms. The number of aromatic nitrogens is 2. The first-order valence-corrected chi connectivity index (χ1v) is 17.3. The highest BCUT2D eigenvalue weighted by molar-refractivity contribution is 7.14. The molecule has 9 nitrogen and oxygen atoms in total. The van der Waals surface area contributed by atoms with Gasteiger partial charge in [0.1, 0.15) is 11.8 Å². The van der Waals surface area contributed by atoms with Gasteiger partial charge in [-0.2, -0.15) is 0 Å². The molecule has 2 heterocycles. The largest absolute Gasteiger partial charge is 0.494 e. The van der Waals surface area contributed by atoms with Gasteiger partial charge in [-0.25, -0.2) is 9.97 Å². The number of benzene rings is 2. The molecule has 2 aromatic carbocycles. The van der Waals surface area contributed by atoms with E-state index >= 15 is 0 Å². The van der Waals surface area contributed by atoms with Gasteiger partial charge in [-0.3, -0.25) is 14.4 Å². The van der Waals surface area contributed by atoms with Gasteiger partial charge >= 0.3 is 5.97 Å². The highest BCUT2D eigenvalue weighted by Gasteiger charge is 2.27. The van der Waals surface area contributed by atoms with E-state index in [1.807, 2.05) is 54.6 Å². The summed E-state index contributed by atoms with van der Waals surface area (Å²) in [6.07, 6.45) is 9.34. The highest BCUT2D eigenvalue weighted by Crippen LogP contribution is 2.30. The van der Waals surface area contributed by atoms with Crippen molar-refractivity contribution in [3.63, 3.8) is 0 Å². The average molecular weight is 671 g/mol. The first kappa shape index (κ1) is 36.4. The number of nitrogens with zero attached hydrogens (tertiary/aromatic N) is 2. The number of rotatable bonds is 17. The third kappa shape index (κ3) is 10.6. The number of carboxylic acid groups (broad SMARTS) is 1. The van der Waals surface area contributed by atoms with Crippen LogP contribution in [0.3, 0.4) is 0 Å². The van der Waals surface area contributed by atoms with Crippen LogP contribution in [-0.4, -0.2) is 51.4 Å². The smallest absolute Gasteiger partial charge is 0.320 e. The van der Waals surface area contributed by atoms with Crippen LogP contribution in [0.1, 0.15) is 86.3 Å². The number of hydrogen-bond acceptors (Lipinski definition) is 8. The molecule has 4 aromatic rings. The molecule has 0 aliphatic carbocycles. The summed E-state index contributed by atoms with van der Waals surface area (Å²) >= 11 is 1.37. The molecule has 2 atom stereocenters. The van der Waals surface area contributed by atoms with E-state index in [-0.39, 0.29) is 17.7 Å². The molecule has 1 amide bonds. The lowest BCUT2D eigenvalue weighted by Crippen LogP contribution is -2.45. The van der Waals surface area contributed by atoms with Crippen molar-refractivity contribution in [2.24, 2.45) is 5.73 Å². The van der Waals surface area contributed by atoms with Gasteiger partial charge in [0, 0.05) is 34.8 Å². The molecule has 10 heteroatoms. The molecule has 4 rings (SSSR count). The van der Waals surface area contributed by atoms with Gasteiger partial charge in [0.25, 0.3) is 5.91 Å². The predicted molar refractivity (Wildman–Crippen MR) is 190 cm³/mol. The van der Waals surface area contributed by atoms with Gasteiger partial charge < -0.3 is 20.9 Å². The van der Waals surface area contributed by atoms with Gasteiger partial charge in [-0.1, -0.05) is 89.8 Å². The van der Waals surface area contributed by atoms with Crippen LogP contribution in [0.15, 0.2) is 73.1 Å². The van der Waals surface area contributed by atoms with E-state index in [2.05, 4.69) is 43.0 Å². The Kier molecular flexibility index (Phi) is 13.0. The molecule has 0 saturated heterocycles. The molecule has 0 spiro atoms. The van der Waals surface area contributed by atoms with Crippen LogP contribution < -0.4 is 15.8 Å². The third-order valence-corrected chi connectivity index (χ3v) is 9.52. The number of carbonyl (C=O) groups excluding carboxylic acids is 2. The summed E-state index contributed by atoms with van der Waals surface area (Å²) in [5, 5.41) is 12.1. The first-order chi connectivity index (χ1) is 22.9. The summed E-state index contributed by atoms with van der Waals surface area (Å²) in [4.78, 5) is 48.3. The molecular formula is C38H46N4O5S. The minimum absolute atomic E-state index is 0.119. The van der Waals surface area contributed by atoms with Crippen LogP contribution in [0.2, 0.25) is 0 Å². The van der Waals surface area contributed by atoms with E-state index in [1.54, 1.807) is 18.5 Å². The van der Waals surface area contributed by atoms with E-state index in [0.29, 0.717) is 10.7 Å². The van der Waals surface area contributed by atoms with Crippen molar-refractivity contribution in [2.45, 2.75) is 90.1 Å². The maximum absolute atomic E-state index is 13.2. The SMILES string of the molecule is CCCCCCCOc1ccc(-c2cnc(-c3ccc(CC(NC(=O)c4ccc(C(C)(C)C)s4)C(=O)C[C@@H](N)C(=O)O)cc3)nc2)cc1. The van der Waals surface area contributed by atoms with Gasteiger partial charge in [0.15, 0.2) is 11.6 Å². The van der Waals surface area contributed by atoms with E-state index in [4.69, 9.17) is 10.5 Å². The lowest BCUT2D eigenvalue weighted by atomic mass is 9.95. The maximum atomic E-state index is 13.2. The van der Waals surface area contributed by atoms with Crippen LogP contribution in [0, 0.1) is 0 Å². The lowest BCUT2D eigenvalue weighted by molar-refractivity contribution is -0.140. The predicted octanol–water partition coefficient (Wildman–Crippen LogP) is 7.23. The summed E-state index contributed by atoms with van der Waals surface area (Å²) in [6, 6.07) is 16.7. The van der Waals surface area contributed by atoms with Crippen LogP contribution >= 0.6 is 11.3 Å². The molecule has 0 fully saturated rings. The number of ether oxygens (including phenoxy) is 1. The number of carbonyl (C=O) groups is 3. The quantitative estimate of drug-likeness (QED) is 0.0998. The van der Waals surface area contributed by atoms with E-state index < -0.39 is 30.3 Å². The minimum Gasteiger partial charge on any atom is -0.494 e. The van der Waals surface area contributed by atoms with Crippen molar-refractivity contribution >= 4 is 29.0 Å². The second kappa shape index (κ2) is 17.1. The van der Waals surface area contributed by atoms with Crippen LogP contribution in [0.25, 0.3) is 22.5 Å². The highest BCUT2D eigenvalue weighted by atomic mass is 32.1. The summed E-state index contributed by atoms with van der Waals surface area (Å²) < 4.78 is 5.88. The van der Waals surface area contributed by atoms with Crippen molar-refractivity contribution < 1.29 is 24.2 Å². The van der Waals surface area contributed by atoms with Crippen molar-refractivity contribution in [3.05, 3.63) is 88.4 Å². The van der Waals surface area contributed by atoms with Crippen LogP contribution in [0.5, 0.6) is 5.75 Å². The Labute approximate surface area is 287 Å². The molecule has 4 N–H and O–H groups in total. The lowest BCUT2D eigenvalue weighted by Gasteiger charge is -2.19. The van der Waals surface area contributed by atoms with Crippen molar-refractivity contribution in [1.29, 1.82) is 0 Å².